The molecule has 3 aliphatic carbocycles. The van der Waals surface area contributed by atoms with E-state index in [0.717, 1.165) is 67.2 Å². The Hall–Kier alpha value is -4.18. The second-order valence-electron chi connectivity index (χ2n) is 11.5. The second-order valence-corrected chi connectivity index (χ2v) is 11.5. The van der Waals surface area contributed by atoms with E-state index in [1.54, 1.807) is 6.07 Å². The average molecular weight is 555 g/mol. The highest BCUT2D eigenvalue weighted by Crippen LogP contribution is 2.63. The number of benzene rings is 1. The van der Waals surface area contributed by atoms with Gasteiger partial charge in [-0.3, -0.25) is 9.78 Å². The monoisotopic (exact) mass is 554 g/mol. The Morgan fingerprint density at radius 1 is 1.15 bits per heavy atom. The Kier molecular flexibility index (Phi) is 5.35. The first kappa shape index (κ1) is 24.6. The molecule has 1 N–H and O–H groups in total. The van der Waals surface area contributed by atoms with E-state index in [0.29, 0.717) is 30.4 Å². The summed E-state index contributed by atoms with van der Waals surface area (Å²) in [7, 11) is 0. The molecular formula is C31H28F2N6O2. The minimum Gasteiger partial charge on any atom is -0.378 e. The van der Waals surface area contributed by atoms with Crippen LogP contribution in [0.1, 0.15) is 59.0 Å². The fraction of sp³-hybridized carbons (Fsp3) is 0.355. The van der Waals surface area contributed by atoms with Crippen LogP contribution in [0.3, 0.4) is 0 Å². The van der Waals surface area contributed by atoms with Crippen LogP contribution in [0, 0.1) is 18.6 Å². The molecule has 3 fully saturated rings. The van der Waals surface area contributed by atoms with Crippen molar-refractivity contribution < 1.29 is 18.3 Å². The van der Waals surface area contributed by atoms with Gasteiger partial charge in [-0.1, -0.05) is 11.6 Å². The Morgan fingerprint density at radius 2 is 1.98 bits per heavy atom. The molecule has 1 atom stereocenters. The van der Waals surface area contributed by atoms with Crippen molar-refractivity contribution in [2.45, 2.75) is 43.9 Å². The van der Waals surface area contributed by atoms with Gasteiger partial charge in [0.15, 0.2) is 17.3 Å². The largest absolute Gasteiger partial charge is 0.378 e. The number of aromatic nitrogens is 4. The van der Waals surface area contributed by atoms with Crippen LogP contribution in [-0.2, 0) is 10.2 Å². The number of carbonyl (C=O) groups is 1. The third-order valence-corrected chi connectivity index (χ3v) is 8.85. The highest BCUT2D eigenvalue weighted by atomic mass is 19.1. The number of fused-ring (bicyclic) bond motifs is 2. The fourth-order valence-electron chi connectivity index (χ4n) is 6.14. The zero-order valence-corrected chi connectivity index (χ0v) is 22.6. The third kappa shape index (κ3) is 3.95. The lowest BCUT2D eigenvalue weighted by Gasteiger charge is -2.29. The number of nitrogens with zero attached hydrogens (tertiary/aromatic N) is 5. The van der Waals surface area contributed by atoms with Crippen molar-refractivity contribution in [1.29, 1.82) is 0 Å². The number of morpholine rings is 1. The van der Waals surface area contributed by atoms with Crippen LogP contribution in [0.2, 0.25) is 0 Å². The van der Waals surface area contributed by atoms with Gasteiger partial charge in [-0.2, -0.15) is 4.52 Å². The Morgan fingerprint density at radius 3 is 2.68 bits per heavy atom. The van der Waals surface area contributed by atoms with Gasteiger partial charge in [0, 0.05) is 30.6 Å². The molecule has 10 heteroatoms. The van der Waals surface area contributed by atoms with Crippen LogP contribution in [0.5, 0.6) is 0 Å². The van der Waals surface area contributed by atoms with Gasteiger partial charge in [0.1, 0.15) is 11.6 Å². The molecule has 0 radical (unpaired) electrons. The summed E-state index contributed by atoms with van der Waals surface area (Å²) < 4.78 is 38.1. The van der Waals surface area contributed by atoms with Crippen LogP contribution < -0.4 is 10.2 Å². The minimum atomic E-state index is -0.710. The van der Waals surface area contributed by atoms with Crippen molar-refractivity contribution >= 4 is 23.1 Å². The van der Waals surface area contributed by atoms with Crippen molar-refractivity contribution in [2.75, 3.05) is 36.5 Å². The number of allylic oxidation sites excluding steroid dienone is 2. The van der Waals surface area contributed by atoms with Crippen molar-refractivity contribution in [1.82, 2.24) is 19.6 Å². The highest BCUT2D eigenvalue weighted by molar-refractivity contribution is 6.05. The predicted molar refractivity (Wildman–Crippen MR) is 149 cm³/mol. The molecule has 8 rings (SSSR count). The molecule has 41 heavy (non-hydrogen) atoms. The maximum atomic E-state index is 15.4. The van der Waals surface area contributed by atoms with E-state index < -0.39 is 17.5 Å². The third-order valence-electron chi connectivity index (χ3n) is 8.85. The molecule has 1 unspecified atom stereocenters. The van der Waals surface area contributed by atoms with Gasteiger partial charge in [-0.05, 0) is 79.6 Å². The predicted octanol–water partition coefficient (Wildman–Crippen LogP) is 5.32. The van der Waals surface area contributed by atoms with Gasteiger partial charge < -0.3 is 15.0 Å². The molecule has 208 valence electrons. The number of pyridine rings is 2. The summed E-state index contributed by atoms with van der Waals surface area (Å²) in [5.41, 5.74) is 3.95. The molecule has 1 saturated heterocycles. The molecule has 1 aliphatic heterocycles. The number of hydrogen-bond acceptors (Lipinski definition) is 6. The molecule has 2 saturated carbocycles. The summed E-state index contributed by atoms with van der Waals surface area (Å²) in [6.45, 7) is 4.51. The Labute approximate surface area is 235 Å². The van der Waals surface area contributed by atoms with Gasteiger partial charge in [-0.25, -0.2) is 13.8 Å². The first-order valence-corrected chi connectivity index (χ1v) is 14.1. The van der Waals surface area contributed by atoms with Crippen molar-refractivity contribution in [2.24, 2.45) is 0 Å². The van der Waals surface area contributed by atoms with Gasteiger partial charge in [-0.15, -0.1) is 5.10 Å². The molecule has 3 aromatic heterocycles. The average Bonchev–Trinajstić information content (AvgIpc) is 3.85. The smallest absolute Gasteiger partial charge is 0.258 e. The van der Waals surface area contributed by atoms with Gasteiger partial charge in [0.2, 0.25) is 0 Å². The maximum absolute atomic E-state index is 15.4. The van der Waals surface area contributed by atoms with Crippen LogP contribution in [0.25, 0.3) is 16.8 Å². The fourth-order valence-corrected chi connectivity index (χ4v) is 6.14. The molecule has 4 aromatic rings. The first-order chi connectivity index (χ1) is 19.9. The first-order valence-electron chi connectivity index (χ1n) is 14.1. The van der Waals surface area contributed by atoms with Crippen LogP contribution in [0.15, 0.2) is 48.2 Å². The van der Waals surface area contributed by atoms with Crippen molar-refractivity contribution in [3.8, 4) is 11.1 Å². The lowest BCUT2D eigenvalue weighted by Crippen LogP contribution is -2.37. The number of ether oxygens (including phenoxy) is 1. The standard InChI is InChI=1S/C31H28F2N6O2/c1-17-12-23(32)24(35-30(40)21-5-7-34-28(27(21)33)31-6-4-20(31)16-31)15-22(17)19-13-25-36-29(18-2-3-18)37-39(25)26(14-19)38-8-10-41-11-9-38/h4-5,7,12-15,18H,2-3,6,8-11,16H2,1H3,(H,35,40). The normalized spacial score (nSPS) is 21.3. The van der Waals surface area contributed by atoms with E-state index in [4.69, 9.17) is 14.8 Å². The zero-order chi connectivity index (χ0) is 27.9. The number of amides is 1. The lowest BCUT2D eigenvalue weighted by molar-refractivity contribution is 0.102. The van der Waals surface area contributed by atoms with Crippen LogP contribution >= 0.6 is 0 Å². The summed E-state index contributed by atoms with van der Waals surface area (Å²) in [4.78, 5) is 24.5. The van der Waals surface area contributed by atoms with Crippen molar-refractivity contribution in [3.05, 3.63) is 82.5 Å². The molecule has 1 aromatic carbocycles. The van der Waals surface area contributed by atoms with Gasteiger partial charge in [0.25, 0.3) is 5.91 Å². The molecule has 8 nitrogen and oxygen atoms in total. The summed E-state index contributed by atoms with van der Waals surface area (Å²) in [5, 5.41) is 7.44. The Bertz CT molecular complexity index is 1790. The summed E-state index contributed by atoms with van der Waals surface area (Å²) in [6.07, 6.45) is 7.22. The molecule has 4 heterocycles. The van der Waals surface area contributed by atoms with Gasteiger partial charge in [0.05, 0.1) is 30.2 Å². The topological polar surface area (TPSA) is 84.7 Å². The Balaban J connectivity index is 1.16. The number of rotatable bonds is 6. The SMILES string of the molecule is Cc1cc(F)c(NC(=O)c2ccnc(C34CC=C3C4)c2F)cc1-c1cc(N2CCOCC2)n2nc(C3CC3)nc2c1. The van der Waals surface area contributed by atoms with Gasteiger partial charge >= 0.3 is 0 Å². The van der Waals surface area contributed by atoms with E-state index in [1.165, 1.54) is 23.9 Å². The van der Waals surface area contributed by atoms with Crippen LogP contribution in [0.4, 0.5) is 20.3 Å². The van der Waals surface area contributed by atoms with E-state index >= 15 is 8.78 Å². The quantitative estimate of drug-likeness (QED) is 0.325. The number of carbonyl (C=O) groups excluding carboxylic acids is 1. The lowest BCUT2D eigenvalue weighted by atomic mass is 9.88. The van der Waals surface area contributed by atoms with E-state index in [1.807, 2.05) is 23.6 Å². The van der Waals surface area contributed by atoms with E-state index in [-0.39, 0.29) is 16.7 Å². The van der Waals surface area contributed by atoms with Crippen molar-refractivity contribution in [3.63, 3.8) is 0 Å². The molecule has 0 bridgehead atoms. The van der Waals surface area contributed by atoms with E-state index in [2.05, 4.69) is 21.3 Å². The number of hydrogen-bond donors (Lipinski definition) is 1. The summed E-state index contributed by atoms with van der Waals surface area (Å²) in [5.74, 6) is 0.190. The highest BCUT2D eigenvalue weighted by Gasteiger charge is 2.57. The number of halogens is 2. The summed E-state index contributed by atoms with van der Waals surface area (Å²) >= 11 is 0. The number of nitrogens with one attached hydrogen (secondary N) is 1. The molecule has 1 amide bonds. The van der Waals surface area contributed by atoms with E-state index in [9.17, 15) is 4.79 Å². The number of aryl methyl sites for hydroxylation is 1. The molecule has 4 aliphatic rings. The maximum Gasteiger partial charge on any atom is 0.258 e. The second kappa shape index (κ2) is 8.91. The number of anilines is 2. The van der Waals surface area contributed by atoms with Crippen LogP contribution in [-0.4, -0.2) is 51.8 Å². The summed E-state index contributed by atoms with van der Waals surface area (Å²) in [6, 6.07) is 8.33. The zero-order valence-electron chi connectivity index (χ0n) is 22.6. The minimum absolute atomic E-state index is 0.0184. The molecular weight excluding hydrogens is 526 g/mol. The molecule has 0 spiro atoms.